The summed E-state index contributed by atoms with van der Waals surface area (Å²) in [7, 11) is 0. The van der Waals surface area contributed by atoms with Gasteiger partial charge in [0, 0.05) is 32.1 Å². The van der Waals surface area contributed by atoms with E-state index in [4.69, 9.17) is 5.11 Å². The van der Waals surface area contributed by atoms with Crippen LogP contribution in [0, 0.1) is 5.92 Å². The van der Waals surface area contributed by atoms with Crippen molar-refractivity contribution < 1.29 is 14.7 Å². The van der Waals surface area contributed by atoms with E-state index in [1.807, 2.05) is 9.80 Å². The van der Waals surface area contributed by atoms with Gasteiger partial charge >= 0.3 is 12.0 Å². The van der Waals surface area contributed by atoms with E-state index < -0.39 is 5.97 Å². The highest BCUT2D eigenvalue weighted by Gasteiger charge is 2.33. The van der Waals surface area contributed by atoms with Gasteiger partial charge in [-0.1, -0.05) is 13.3 Å². The quantitative estimate of drug-likeness (QED) is 0.862. The number of aliphatic carboxylic acids is 1. The zero-order valence-electron chi connectivity index (χ0n) is 12.4. The van der Waals surface area contributed by atoms with Crippen LogP contribution in [0.5, 0.6) is 0 Å². The summed E-state index contributed by atoms with van der Waals surface area (Å²) in [6.45, 7) is 4.35. The molecule has 2 heterocycles. The molecule has 2 rings (SSSR count). The third-order valence-corrected chi connectivity index (χ3v) is 4.51. The highest BCUT2D eigenvalue weighted by molar-refractivity contribution is 5.75. The molecule has 0 aromatic heterocycles. The lowest BCUT2D eigenvalue weighted by Gasteiger charge is -2.38. The van der Waals surface area contributed by atoms with Crippen molar-refractivity contribution in [3.63, 3.8) is 0 Å². The van der Waals surface area contributed by atoms with E-state index in [0.29, 0.717) is 19.1 Å². The number of carbonyl (C=O) groups excluding carboxylic acids is 1. The van der Waals surface area contributed by atoms with E-state index in [1.54, 1.807) is 0 Å². The van der Waals surface area contributed by atoms with Gasteiger partial charge in [-0.3, -0.25) is 4.79 Å². The molecule has 0 spiro atoms. The Balaban J connectivity index is 1.91. The zero-order chi connectivity index (χ0) is 14.5. The van der Waals surface area contributed by atoms with E-state index >= 15 is 0 Å². The number of urea groups is 1. The number of carboxylic acid groups (broad SMARTS) is 1. The fourth-order valence-electron chi connectivity index (χ4n) is 3.49. The van der Waals surface area contributed by atoms with Gasteiger partial charge in [-0.25, -0.2) is 4.79 Å². The molecule has 0 aliphatic carbocycles. The number of piperidine rings is 1. The Bertz CT molecular complexity index is 357. The molecular weight excluding hydrogens is 256 g/mol. The fourth-order valence-corrected chi connectivity index (χ4v) is 3.49. The molecule has 2 saturated heterocycles. The molecule has 5 heteroatoms. The Morgan fingerprint density at radius 2 is 2.00 bits per heavy atom. The molecule has 0 bridgehead atoms. The maximum atomic E-state index is 12.6. The molecule has 0 saturated carbocycles. The first-order valence-electron chi connectivity index (χ1n) is 7.89. The van der Waals surface area contributed by atoms with Crippen molar-refractivity contribution in [2.24, 2.45) is 5.92 Å². The van der Waals surface area contributed by atoms with Crippen LogP contribution in [0.2, 0.25) is 0 Å². The van der Waals surface area contributed by atoms with Gasteiger partial charge in [0.15, 0.2) is 0 Å². The van der Waals surface area contributed by atoms with Gasteiger partial charge < -0.3 is 14.9 Å². The van der Waals surface area contributed by atoms with Crippen LogP contribution in [0.15, 0.2) is 0 Å². The summed E-state index contributed by atoms with van der Waals surface area (Å²) in [5, 5.41) is 8.85. The molecule has 20 heavy (non-hydrogen) atoms. The van der Waals surface area contributed by atoms with Crippen LogP contribution in [-0.2, 0) is 4.79 Å². The lowest BCUT2D eigenvalue weighted by atomic mass is 9.98. The van der Waals surface area contributed by atoms with E-state index in [2.05, 4.69) is 6.92 Å². The molecule has 0 radical (unpaired) electrons. The molecule has 0 aromatic carbocycles. The van der Waals surface area contributed by atoms with Gasteiger partial charge in [0.2, 0.25) is 0 Å². The average molecular weight is 282 g/mol. The zero-order valence-corrected chi connectivity index (χ0v) is 12.4. The molecule has 2 amide bonds. The fraction of sp³-hybridized carbons (Fsp3) is 0.867. The first-order valence-corrected chi connectivity index (χ1v) is 7.89. The lowest BCUT2D eigenvalue weighted by Crippen LogP contribution is -2.49. The van der Waals surface area contributed by atoms with Gasteiger partial charge in [-0.15, -0.1) is 0 Å². The average Bonchev–Trinajstić information content (AvgIpc) is 2.86. The Labute approximate surface area is 120 Å². The van der Waals surface area contributed by atoms with Crippen molar-refractivity contribution in [1.29, 1.82) is 0 Å². The molecule has 2 aliphatic rings. The highest BCUT2D eigenvalue weighted by atomic mass is 16.4. The summed E-state index contributed by atoms with van der Waals surface area (Å²) < 4.78 is 0. The first kappa shape index (κ1) is 15.1. The number of hydrogen-bond acceptors (Lipinski definition) is 2. The van der Waals surface area contributed by atoms with Gasteiger partial charge in [-0.05, 0) is 38.0 Å². The second kappa shape index (κ2) is 6.95. The van der Waals surface area contributed by atoms with Crippen molar-refractivity contribution in [3.05, 3.63) is 0 Å². The van der Waals surface area contributed by atoms with Crippen molar-refractivity contribution in [2.45, 2.75) is 57.9 Å². The molecular formula is C15H26N2O3. The largest absolute Gasteiger partial charge is 0.481 e. The number of carbonyl (C=O) groups is 2. The molecule has 5 nitrogen and oxygen atoms in total. The summed E-state index contributed by atoms with van der Waals surface area (Å²) in [6.07, 6.45) is 6.63. The van der Waals surface area contributed by atoms with Gasteiger partial charge in [0.25, 0.3) is 0 Å². The third kappa shape index (κ3) is 3.64. The van der Waals surface area contributed by atoms with Crippen LogP contribution in [0.25, 0.3) is 0 Å². The summed E-state index contributed by atoms with van der Waals surface area (Å²) in [6, 6.07) is 0.524. The van der Waals surface area contributed by atoms with Crippen molar-refractivity contribution >= 4 is 12.0 Å². The first-order chi connectivity index (χ1) is 9.61. The Morgan fingerprint density at radius 1 is 1.20 bits per heavy atom. The second-order valence-electron chi connectivity index (χ2n) is 6.11. The number of amides is 2. The van der Waals surface area contributed by atoms with Gasteiger partial charge in [0.05, 0.1) is 0 Å². The molecule has 2 unspecified atom stereocenters. The molecule has 2 aliphatic heterocycles. The summed E-state index contributed by atoms with van der Waals surface area (Å²) in [5.74, 6) is -0.628. The van der Waals surface area contributed by atoms with Crippen LogP contribution < -0.4 is 0 Å². The number of likely N-dealkylation sites (tertiary alicyclic amines) is 2. The smallest absolute Gasteiger partial charge is 0.320 e. The number of nitrogens with zero attached hydrogens (tertiary/aromatic N) is 2. The van der Waals surface area contributed by atoms with Gasteiger partial charge in [-0.2, -0.15) is 0 Å². The molecule has 2 fully saturated rings. The monoisotopic (exact) mass is 282 g/mol. The van der Waals surface area contributed by atoms with Crippen LogP contribution >= 0.6 is 0 Å². The predicted molar refractivity (Wildman–Crippen MR) is 76.6 cm³/mol. The Hall–Kier alpha value is -1.26. The lowest BCUT2D eigenvalue weighted by molar-refractivity contribution is -0.138. The van der Waals surface area contributed by atoms with E-state index in [1.165, 1.54) is 6.42 Å². The van der Waals surface area contributed by atoms with E-state index in [-0.39, 0.29) is 18.4 Å². The minimum atomic E-state index is -0.758. The van der Waals surface area contributed by atoms with Crippen LogP contribution in [0.4, 0.5) is 4.79 Å². The van der Waals surface area contributed by atoms with Crippen molar-refractivity contribution in [3.8, 4) is 0 Å². The maximum Gasteiger partial charge on any atom is 0.320 e. The minimum Gasteiger partial charge on any atom is -0.481 e. The Morgan fingerprint density at radius 3 is 2.70 bits per heavy atom. The molecule has 1 N–H and O–H groups in total. The summed E-state index contributed by atoms with van der Waals surface area (Å²) in [4.78, 5) is 27.3. The minimum absolute atomic E-state index is 0.130. The standard InChI is InChI=1S/C15H26N2O3/c1-2-5-13-6-3-4-8-17(13)15(20)16-9-7-12(11-16)10-14(18)19/h12-13H,2-11H2,1H3,(H,18,19). The second-order valence-corrected chi connectivity index (χ2v) is 6.11. The molecule has 0 aromatic rings. The topological polar surface area (TPSA) is 60.9 Å². The Kier molecular flexibility index (Phi) is 5.26. The third-order valence-electron chi connectivity index (χ3n) is 4.51. The molecule has 2 atom stereocenters. The van der Waals surface area contributed by atoms with E-state index in [9.17, 15) is 9.59 Å². The number of rotatable bonds is 4. The summed E-state index contributed by atoms with van der Waals surface area (Å²) >= 11 is 0. The van der Waals surface area contributed by atoms with Crippen LogP contribution in [0.1, 0.15) is 51.9 Å². The van der Waals surface area contributed by atoms with Crippen molar-refractivity contribution in [2.75, 3.05) is 19.6 Å². The van der Waals surface area contributed by atoms with Crippen molar-refractivity contribution in [1.82, 2.24) is 9.80 Å². The number of hydrogen-bond donors (Lipinski definition) is 1. The van der Waals surface area contributed by atoms with Crippen LogP contribution in [-0.4, -0.2) is 52.6 Å². The SMILES string of the molecule is CCCC1CCCCN1C(=O)N1CCC(CC(=O)O)C1. The van der Waals surface area contributed by atoms with Crippen LogP contribution in [0.3, 0.4) is 0 Å². The normalized spacial score (nSPS) is 26.9. The maximum absolute atomic E-state index is 12.6. The molecule has 114 valence electrons. The highest BCUT2D eigenvalue weighted by Crippen LogP contribution is 2.26. The van der Waals surface area contributed by atoms with Gasteiger partial charge in [0.1, 0.15) is 0 Å². The van der Waals surface area contributed by atoms with E-state index in [0.717, 1.165) is 38.6 Å². The number of carboxylic acids is 1. The summed E-state index contributed by atoms with van der Waals surface area (Å²) in [5.41, 5.74) is 0. The predicted octanol–water partition coefficient (Wildman–Crippen LogP) is 2.56.